The van der Waals surface area contributed by atoms with Gasteiger partial charge in [-0.05, 0) is 54.9 Å². The molecule has 0 aliphatic heterocycles. The van der Waals surface area contributed by atoms with Crippen LogP contribution in [0.15, 0.2) is 48.5 Å². The molecule has 0 unspecified atom stereocenters. The van der Waals surface area contributed by atoms with Crippen LogP contribution < -0.4 is 4.74 Å². The standard InChI is InChI=1S/C27H24F6O/c1-15-3-7-17(8-4-15)19-11-23(30)26(24(31)12-19)27(32,33)34-20-13-21(28)25(22(29)14-20)18-9-5-16(2)6-10-18/h3-4,7-8,11-14,16,18H,5-6,9-10H2,1-2H3. The average molecular weight is 478 g/mol. The topological polar surface area (TPSA) is 9.23 Å². The van der Waals surface area contributed by atoms with Crippen molar-refractivity contribution in [2.24, 2.45) is 5.92 Å². The predicted molar refractivity (Wildman–Crippen MR) is 118 cm³/mol. The van der Waals surface area contributed by atoms with E-state index >= 15 is 0 Å². The second-order valence-corrected chi connectivity index (χ2v) is 9.06. The van der Waals surface area contributed by atoms with Gasteiger partial charge in [0.15, 0.2) is 0 Å². The van der Waals surface area contributed by atoms with Gasteiger partial charge in [-0.3, -0.25) is 0 Å². The Balaban J connectivity index is 1.61. The summed E-state index contributed by atoms with van der Waals surface area (Å²) in [6, 6.07) is 9.48. The van der Waals surface area contributed by atoms with Crippen molar-refractivity contribution < 1.29 is 31.1 Å². The monoisotopic (exact) mass is 478 g/mol. The van der Waals surface area contributed by atoms with Crippen LogP contribution in [0.5, 0.6) is 5.75 Å². The summed E-state index contributed by atoms with van der Waals surface area (Å²) in [6.07, 6.45) is -1.68. The Morgan fingerprint density at radius 3 is 1.79 bits per heavy atom. The zero-order valence-electron chi connectivity index (χ0n) is 18.8. The van der Waals surface area contributed by atoms with Gasteiger partial charge in [-0.1, -0.05) is 49.6 Å². The molecule has 0 heterocycles. The Labute approximate surface area is 194 Å². The molecule has 0 radical (unpaired) electrons. The van der Waals surface area contributed by atoms with Gasteiger partial charge >= 0.3 is 6.11 Å². The molecule has 34 heavy (non-hydrogen) atoms. The molecular formula is C27H24F6O. The summed E-state index contributed by atoms with van der Waals surface area (Å²) >= 11 is 0. The maximum absolute atomic E-state index is 14.8. The fourth-order valence-electron chi connectivity index (χ4n) is 4.52. The minimum absolute atomic E-state index is 0.0674. The lowest BCUT2D eigenvalue weighted by Gasteiger charge is -2.27. The first-order chi connectivity index (χ1) is 16.0. The molecule has 0 bridgehead atoms. The number of alkyl halides is 2. The zero-order valence-corrected chi connectivity index (χ0v) is 18.8. The molecule has 4 rings (SSSR count). The molecule has 3 aromatic carbocycles. The van der Waals surface area contributed by atoms with Gasteiger partial charge in [0.05, 0.1) is 0 Å². The van der Waals surface area contributed by atoms with Gasteiger partial charge in [0.2, 0.25) is 0 Å². The molecule has 0 atom stereocenters. The molecular weight excluding hydrogens is 454 g/mol. The Hall–Kier alpha value is -2.96. The Bertz CT molecular complexity index is 1130. The van der Waals surface area contributed by atoms with Crippen molar-refractivity contribution in [3.63, 3.8) is 0 Å². The third-order valence-electron chi connectivity index (χ3n) is 6.44. The van der Waals surface area contributed by atoms with Crippen LogP contribution >= 0.6 is 0 Å². The quantitative estimate of drug-likeness (QED) is 0.334. The van der Waals surface area contributed by atoms with Crippen LogP contribution in [0.25, 0.3) is 11.1 Å². The summed E-state index contributed by atoms with van der Waals surface area (Å²) in [6.45, 7) is 3.90. The van der Waals surface area contributed by atoms with Gasteiger partial charge in [0.25, 0.3) is 0 Å². The second-order valence-electron chi connectivity index (χ2n) is 9.06. The largest absolute Gasteiger partial charge is 0.432 e. The number of benzene rings is 3. The fourth-order valence-corrected chi connectivity index (χ4v) is 4.52. The van der Waals surface area contributed by atoms with Crippen LogP contribution in [0.4, 0.5) is 26.3 Å². The number of hydrogen-bond donors (Lipinski definition) is 0. The van der Waals surface area contributed by atoms with E-state index in [4.69, 9.17) is 0 Å². The molecule has 1 aliphatic carbocycles. The zero-order chi connectivity index (χ0) is 24.6. The summed E-state index contributed by atoms with van der Waals surface area (Å²) < 4.78 is 92.6. The predicted octanol–water partition coefficient (Wildman–Crippen LogP) is 8.64. The summed E-state index contributed by atoms with van der Waals surface area (Å²) in [7, 11) is 0. The summed E-state index contributed by atoms with van der Waals surface area (Å²) in [4.78, 5) is 0. The SMILES string of the molecule is Cc1ccc(-c2cc(F)c(C(F)(F)Oc3cc(F)c(C4CCC(C)CC4)c(F)c3)c(F)c2)cc1. The van der Waals surface area contributed by atoms with Gasteiger partial charge < -0.3 is 4.74 Å². The van der Waals surface area contributed by atoms with E-state index in [-0.39, 0.29) is 17.0 Å². The molecule has 7 heteroatoms. The lowest BCUT2D eigenvalue weighted by Crippen LogP contribution is -2.25. The minimum atomic E-state index is -4.50. The average Bonchev–Trinajstić information content (AvgIpc) is 2.74. The number of aryl methyl sites for hydroxylation is 1. The van der Waals surface area contributed by atoms with Crippen molar-refractivity contribution >= 4 is 0 Å². The second kappa shape index (κ2) is 9.35. The lowest BCUT2D eigenvalue weighted by atomic mass is 9.79. The molecule has 1 fully saturated rings. The maximum Gasteiger partial charge on any atom is 0.432 e. The molecule has 180 valence electrons. The van der Waals surface area contributed by atoms with Crippen molar-refractivity contribution in [3.05, 3.63) is 88.5 Å². The number of halogens is 6. The van der Waals surface area contributed by atoms with Crippen LogP contribution in [0.3, 0.4) is 0 Å². The van der Waals surface area contributed by atoms with Gasteiger partial charge in [0, 0.05) is 17.7 Å². The van der Waals surface area contributed by atoms with Crippen molar-refractivity contribution in [1.82, 2.24) is 0 Å². The van der Waals surface area contributed by atoms with E-state index in [2.05, 4.69) is 11.7 Å². The van der Waals surface area contributed by atoms with E-state index in [0.717, 1.165) is 30.5 Å². The van der Waals surface area contributed by atoms with Crippen LogP contribution in [0.2, 0.25) is 0 Å². The number of hydrogen-bond acceptors (Lipinski definition) is 1. The molecule has 0 N–H and O–H groups in total. The van der Waals surface area contributed by atoms with Gasteiger partial charge in [-0.15, -0.1) is 0 Å². The summed E-state index contributed by atoms with van der Waals surface area (Å²) in [5.74, 6) is -5.83. The normalized spacial score (nSPS) is 18.7. The Morgan fingerprint density at radius 2 is 1.26 bits per heavy atom. The smallest absolute Gasteiger partial charge is 0.429 e. The summed E-state index contributed by atoms with van der Waals surface area (Å²) in [5, 5.41) is 0. The first-order valence-corrected chi connectivity index (χ1v) is 11.2. The molecule has 0 aromatic heterocycles. The highest BCUT2D eigenvalue weighted by molar-refractivity contribution is 5.64. The van der Waals surface area contributed by atoms with Crippen molar-refractivity contribution in [2.45, 2.75) is 51.6 Å². The molecule has 1 saturated carbocycles. The minimum Gasteiger partial charge on any atom is -0.429 e. The van der Waals surface area contributed by atoms with Crippen LogP contribution in [-0.2, 0) is 6.11 Å². The van der Waals surface area contributed by atoms with Crippen molar-refractivity contribution in [3.8, 4) is 16.9 Å². The molecule has 0 amide bonds. The van der Waals surface area contributed by atoms with E-state index in [1.807, 2.05) is 6.92 Å². The molecule has 3 aromatic rings. The third-order valence-corrected chi connectivity index (χ3v) is 6.44. The molecule has 1 nitrogen and oxygen atoms in total. The van der Waals surface area contributed by atoms with Gasteiger partial charge in [0.1, 0.15) is 34.6 Å². The van der Waals surface area contributed by atoms with Gasteiger partial charge in [-0.2, -0.15) is 8.78 Å². The maximum atomic E-state index is 14.8. The van der Waals surface area contributed by atoms with Gasteiger partial charge in [-0.25, -0.2) is 17.6 Å². The van der Waals surface area contributed by atoms with E-state index < -0.39 is 40.7 Å². The van der Waals surface area contributed by atoms with Crippen molar-refractivity contribution in [2.75, 3.05) is 0 Å². The van der Waals surface area contributed by atoms with E-state index in [9.17, 15) is 26.3 Å². The molecule has 0 spiro atoms. The third kappa shape index (κ3) is 4.93. The van der Waals surface area contributed by atoms with Crippen LogP contribution in [-0.4, -0.2) is 0 Å². The highest BCUT2D eigenvalue weighted by Crippen LogP contribution is 2.41. The van der Waals surface area contributed by atoms with E-state index in [1.54, 1.807) is 24.3 Å². The highest BCUT2D eigenvalue weighted by atomic mass is 19.3. The summed E-state index contributed by atoms with van der Waals surface area (Å²) in [5.41, 5.74) is -0.365. The Morgan fingerprint density at radius 1 is 0.735 bits per heavy atom. The van der Waals surface area contributed by atoms with Crippen LogP contribution in [0.1, 0.15) is 55.2 Å². The van der Waals surface area contributed by atoms with Crippen LogP contribution in [0, 0.1) is 36.1 Å². The number of rotatable bonds is 5. The molecule has 1 aliphatic rings. The first-order valence-electron chi connectivity index (χ1n) is 11.2. The van der Waals surface area contributed by atoms with Crippen molar-refractivity contribution in [1.29, 1.82) is 0 Å². The Kier molecular flexibility index (Phi) is 6.65. The lowest BCUT2D eigenvalue weighted by molar-refractivity contribution is -0.189. The first kappa shape index (κ1) is 24.2. The number of ether oxygens (including phenoxy) is 1. The van der Waals surface area contributed by atoms with E-state index in [1.165, 1.54) is 0 Å². The highest BCUT2D eigenvalue weighted by Gasteiger charge is 2.41. The molecule has 0 saturated heterocycles. The van der Waals surface area contributed by atoms with E-state index in [0.29, 0.717) is 36.5 Å². The fraction of sp³-hybridized carbons (Fsp3) is 0.333.